The van der Waals surface area contributed by atoms with E-state index in [1.54, 1.807) is 11.0 Å². The maximum Gasteiger partial charge on any atom is 0.439 e. The molecule has 8 nitrogen and oxygen atoms in total. The van der Waals surface area contributed by atoms with Crippen LogP contribution < -0.4 is 5.76 Å². The second kappa shape index (κ2) is 5.93. The summed E-state index contributed by atoms with van der Waals surface area (Å²) in [5.74, 6) is -1.09. The molecule has 0 saturated carbocycles. The molecule has 1 aliphatic rings. The minimum atomic E-state index is -0.698. The number of carbonyl (C=O) groups is 1. The Morgan fingerprint density at radius 2 is 2.16 bits per heavy atom. The van der Waals surface area contributed by atoms with Crippen LogP contribution in [-0.4, -0.2) is 37.5 Å². The highest BCUT2D eigenvalue weighted by atomic mass is 19.1. The van der Waals surface area contributed by atoms with E-state index in [1.807, 2.05) is 6.07 Å². The fourth-order valence-electron chi connectivity index (χ4n) is 2.80. The van der Waals surface area contributed by atoms with E-state index in [1.165, 1.54) is 18.5 Å². The van der Waals surface area contributed by atoms with Gasteiger partial charge in [0.25, 0.3) is 5.91 Å². The lowest BCUT2D eigenvalue weighted by atomic mass is 9.99. The molecule has 0 bridgehead atoms. The highest BCUT2D eigenvalue weighted by Crippen LogP contribution is 2.22. The maximum atomic E-state index is 13.8. The monoisotopic (exact) mass is 341 g/mol. The number of nitrogens with zero attached hydrogens (tertiary/aromatic N) is 4. The Bertz CT molecular complexity index is 996. The van der Waals surface area contributed by atoms with Crippen molar-refractivity contribution in [3.8, 4) is 11.5 Å². The summed E-state index contributed by atoms with van der Waals surface area (Å²) in [5, 5.41) is 3.51. The first-order valence-corrected chi connectivity index (χ1v) is 7.56. The van der Waals surface area contributed by atoms with Gasteiger partial charge in [-0.1, -0.05) is 17.3 Å². The summed E-state index contributed by atoms with van der Waals surface area (Å²) >= 11 is 0. The molecule has 3 aromatic rings. The SMILES string of the molecule is O=C(c1cnc(-c2noc(=O)[nH]2)cn1)N1CCc2c(F)cccc2C1. The molecule has 0 atom stereocenters. The van der Waals surface area contributed by atoms with Crippen molar-refractivity contribution in [1.29, 1.82) is 0 Å². The van der Waals surface area contributed by atoms with Crippen molar-refractivity contribution in [2.75, 3.05) is 6.54 Å². The molecule has 25 heavy (non-hydrogen) atoms. The molecule has 1 aliphatic heterocycles. The average molecular weight is 341 g/mol. The summed E-state index contributed by atoms with van der Waals surface area (Å²) < 4.78 is 18.2. The number of carbonyl (C=O) groups excluding carboxylic acids is 1. The van der Waals surface area contributed by atoms with Gasteiger partial charge in [0.2, 0.25) is 5.82 Å². The summed E-state index contributed by atoms with van der Waals surface area (Å²) in [6.45, 7) is 0.735. The fourth-order valence-corrected chi connectivity index (χ4v) is 2.80. The summed E-state index contributed by atoms with van der Waals surface area (Å²) in [4.78, 5) is 35.6. The average Bonchev–Trinajstić information content (AvgIpc) is 3.07. The van der Waals surface area contributed by atoms with E-state index >= 15 is 0 Å². The first-order valence-electron chi connectivity index (χ1n) is 7.56. The molecule has 0 spiro atoms. The first kappa shape index (κ1) is 15.2. The fraction of sp³-hybridized carbons (Fsp3) is 0.188. The largest absolute Gasteiger partial charge is 0.439 e. The zero-order valence-corrected chi connectivity index (χ0v) is 12.9. The third kappa shape index (κ3) is 2.80. The van der Waals surface area contributed by atoms with E-state index in [9.17, 15) is 14.0 Å². The Morgan fingerprint density at radius 1 is 1.28 bits per heavy atom. The molecule has 0 radical (unpaired) electrons. The molecule has 1 N–H and O–H groups in total. The number of aromatic nitrogens is 4. The normalized spacial score (nSPS) is 13.6. The van der Waals surface area contributed by atoms with E-state index in [0.717, 1.165) is 5.56 Å². The van der Waals surface area contributed by atoms with Crippen LogP contribution in [0.25, 0.3) is 11.5 Å². The Morgan fingerprint density at radius 3 is 2.88 bits per heavy atom. The zero-order valence-electron chi connectivity index (χ0n) is 12.9. The van der Waals surface area contributed by atoms with Gasteiger partial charge in [-0.25, -0.2) is 19.2 Å². The van der Waals surface area contributed by atoms with Gasteiger partial charge in [-0.15, -0.1) is 0 Å². The van der Waals surface area contributed by atoms with Crippen LogP contribution in [0.15, 0.2) is 39.9 Å². The van der Waals surface area contributed by atoms with Gasteiger partial charge >= 0.3 is 5.76 Å². The highest BCUT2D eigenvalue weighted by Gasteiger charge is 2.24. The molecule has 0 aliphatic carbocycles. The molecule has 0 saturated heterocycles. The molecule has 9 heteroatoms. The van der Waals surface area contributed by atoms with Gasteiger partial charge in [0.1, 0.15) is 17.2 Å². The van der Waals surface area contributed by atoms with Crippen LogP contribution in [0.3, 0.4) is 0 Å². The van der Waals surface area contributed by atoms with Crippen molar-refractivity contribution in [2.45, 2.75) is 13.0 Å². The van der Waals surface area contributed by atoms with Gasteiger partial charge in [-0.3, -0.25) is 14.3 Å². The van der Waals surface area contributed by atoms with Crippen LogP contribution in [0.2, 0.25) is 0 Å². The predicted octanol–water partition coefficient (Wildman–Crippen LogP) is 1.16. The van der Waals surface area contributed by atoms with E-state index in [2.05, 4.69) is 24.6 Å². The second-order valence-corrected chi connectivity index (χ2v) is 5.58. The van der Waals surface area contributed by atoms with Crippen LogP contribution in [-0.2, 0) is 13.0 Å². The number of amides is 1. The summed E-state index contributed by atoms with van der Waals surface area (Å²) in [6.07, 6.45) is 3.10. The number of H-pyrrole nitrogens is 1. The topological polar surface area (TPSA) is 105 Å². The molecule has 1 aromatic carbocycles. The standard InChI is InChI=1S/C16H12FN5O3/c17-11-3-1-2-9-8-22(5-4-10(9)11)15(23)13-7-18-12(6-19-13)14-20-16(24)25-21-14/h1-3,6-7H,4-5,8H2,(H,20,21,24). The lowest BCUT2D eigenvalue weighted by Crippen LogP contribution is -2.36. The highest BCUT2D eigenvalue weighted by molar-refractivity contribution is 5.92. The molecular formula is C16H12FN5O3. The quantitative estimate of drug-likeness (QED) is 0.750. The number of nitrogens with one attached hydrogen (secondary N) is 1. The lowest BCUT2D eigenvalue weighted by molar-refractivity contribution is 0.0727. The molecule has 0 unspecified atom stereocenters. The molecule has 0 fully saturated rings. The zero-order chi connectivity index (χ0) is 17.4. The smallest absolute Gasteiger partial charge is 0.333 e. The molecular weight excluding hydrogens is 329 g/mol. The molecule has 126 valence electrons. The van der Waals surface area contributed by atoms with Gasteiger partial charge in [0.15, 0.2) is 0 Å². The number of benzene rings is 1. The molecule has 2 aromatic heterocycles. The van der Waals surface area contributed by atoms with Crippen molar-refractivity contribution in [3.63, 3.8) is 0 Å². The van der Waals surface area contributed by atoms with E-state index in [-0.39, 0.29) is 28.9 Å². The Hall–Kier alpha value is -3.36. The van der Waals surface area contributed by atoms with E-state index in [4.69, 9.17) is 0 Å². The van der Waals surface area contributed by atoms with Gasteiger partial charge in [-0.05, 0) is 23.6 Å². The number of aromatic amines is 1. The third-order valence-electron chi connectivity index (χ3n) is 4.05. The second-order valence-electron chi connectivity index (χ2n) is 5.58. The molecule has 1 amide bonds. The summed E-state index contributed by atoms with van der Waals surface area (Å²) in [7, 11) is 0. The third-order valence-corrected chi connectivity index (χ3v) is 4.05. The van der Waals surface area contributed by atoms with Gasteiger partial charge in [-0.2, -0.15) is 0 Å². The van der Waals surface area contributed by atoms with Crippen molar-refractivity contribution in [1.82, 2.24) is 25.0 Å². The van der Waals surface area contributed by atoms with Crippen LogP contribution in [0, 0.1) is 5.82 Å². The number of halogens is 1. The minimum absolute atomic E-state index is 0.138. The van der Waals surface area contributed by atoms with Crippen molar-refractivity contribution < 1.29 is 13.7 Å². The number of fused-ring (bicyclic) bond motifs is 1. The summed E-state index contributed by atoms with van der Waals surface area (Å²) in [5.41, 5.74) is 1.90. The van der Waals surface area contributed by atoms with Crippen LogP contribution >= 0.6 is 0 Å². The van der Waals surface area contributed by atoms with E-state index in [0.29, 0.717) is 25.1 Å². The minimum Gasteiger partial charge on any atom is -0.333 e. The summed E-state index contributed by atoms with van der Waals surface area (Å²) in [6, 6.07) is 4.87. The van der Waals surface area contributed by atoms with Crippen LogP contribution in [0.1, 0.15) is 21.6 Å². The van der Waals surface area contributed by atoms with Crippen LogP contribution in [0.4, 0.5) is 4.39 Å². The van der Waals surface area contributed by atoms with E-state index < -0.39 is 5.76 Å². The van der Waals surface area contributed by atoms with Crippen molar-refractivity contribution >= 4 is 5.91 Å². The van der Waals surface area contributed by atoms with Crippen molar-refractivity contribution in [2.24, 2.45) is 0 Å². The number of hydrogen-bond acceptors (Lipinski definition) is 6. The number of hydrogen-bond donors (Lipinski definition) is 1. The lowest BCUT2D eigenvalue weighted by Gasteiger charge is -2.28. The Labute approximate surface area is 140 Å². The predicted molar refractivity (Wildman–Crippen MR) is 83.0 cm³/mol. The maximum absolute atomic E-state index is 13.8. The Balaban J connectivity index is 1.54. The van der Waals surface area contributed by atoms with Gasteiger partial charge < -0.3 is 4.90 Å². The van der Waals surface area contributed by atoms with Gasteiger partial charge in [0.05, 0.1) is 12.4 Å². The van der Waals surface area contributed by atoms with Gasteiger partial charge in [0, 0.05) is 13.1 Å². The molecule has 4 rings (SSSR count). The Kier molecular flexibility index (Phi) is 3.60. The van der Waals surface area contributed by atoms with Crippen LogP contribution in [0.5, 0.6) is 0 Å². The molecule has 3 heterocycles. The number of rotatable bonds is 2. The van der Waals surface area contributed by atoms with Crippen molar-refractivity contribution in [3.05, 3.63) is 63.8 Å². The first-order chi connectivity index (χ1) is 12.1.